The van der Waals surface area contributed by atoms with Crippen molar-refractivity contribution in [3.05, 3.63) is 35.1 Å². The fourth-order valence-electron chi connectivity index (χ4n) is 1.48. The summed E-state index contributed by atoms with van der Waals surface area (Å²) in [5.41, 5.74) is 0.331. The minimum Gasteiger partial charge on any atom is -0.300 e. The first-order valence-corrected chi connectivity index (χ1v) is 5.41. The molecule has 1 rings (SSSR count). The van der Waals surface area contributed by atoms with Crippen LogP contribution in [0.4, 0.5) is 13.2 Å². The molecular formula is C13H14F3N. The van der Waals surface area contributed by atoms with E-state index in [4.69, 9.17) is 6.42 Å². The van der Waals surface area contributed by atoms with E-state index < -0.39 is 17.5 Å². The lowest BCUT2D eigenvalue weighted by Crippen LogP contribution is -2.26. The molecule has 0 aliphatic heterocycles. The molecule has 0 amide bonds. The van der Waals surface area contributed by atoms with Crippen LogP contribution in [0.3, 0.4) is 0 Å². The van der Waals surface area contributed by atoms with Gasteiger partial charge in [0, 0.05) is 6.54 Å². The minimum absolute atomic E-state index is 0.142. The molecule has 0 aliphatic rings. The van der Waals surface area contributed by atoms with Gasteiger partial charge in [0.1, 0.15) is 0 Å². The number of rotatable bonds is 5. The summed E-state index contributed by atoms with van der Waals surface area (Å²) >= 11 is 0. The lowest BCUT2D eigenvalue weighted by molar-refractivity contribution is 0.443. The third-order valence-corrected chi connectivity index (χ3v) is 2.37. The Kier molecular flexibility index (Phi) is 5.05. The maximum absolute atomic E-state index is 12.9. The zero-order valence-corrected chi connectivity index (χ0v) is 9.56. The fraction of sp³-hybridized carbons (Fsp3) is 0.385. The molecule has 0 heterocycles. The summed E-state index contributed by atoms with van der Waals surface area (Å²) in [6.07, 6.45) is 6.98. The molecule has 1 unspecified atom stereocenters. The number of terminal acetylenes is 1. The van der Waals surface area contributed by atoms with Gasteiger partial charge in [-0.3, -0.25) is 5.32 Å². The summed E-state index contributed by atoms with van der Waals surface area (Å²) in [4.78, 5) is 0. The molecule has 1 atom stereocenters. The second-order valence-electron chi connectivity index (χ2n) is 3.76. The zero-order chi connectivity index (χ0) is 12.8. The number of nitrogens with one attached hydrogen (secondary N) is 1. The maximum Gasteiger partial charge on any atom is 0.194 e. The van der Waals surface area contributed by atoms with Gasteiger partial charge in [0.05, 0.1) is 6.04 Å². The number of benzene rings is 1. The van der Waals surface area contributed by atoms with E-state index in [1.54, 1.807) is 0 Å². The van der Waals surface area contributed by atoms with Crippen LogP contribution in [0.15, 0.2) is 12.1 Å². The van der Waals surface area contributed by atoms with Gasteiger partial charge in [0.15, 0.2) is 17.5 Å². The highest BCUT2D eigenvalue weighted by molar-refractivity contribution is 5.19. The van der Waals surface area contributed by atoms with E-state index in [1.165, 1.54) is 0 Å². The molecule has 0 aromatic heterocycles. The molecule has 0 bridgehead atoms. The highest BCUT2D eigenvalue weighted by atomic mass is 19.2. The van der Waals surface area contributed by atoms with Gasteiger partial charge in [-0.05, 0) is 24.1 Å². The van der Waals surface area contributed by atoms with E-state index in [0.717, 1.165) is 25.0 Å². The van der Waals surface area contributed by atoms with Gasteiger partial charge in [0.25, 0.3) is 0 Å². The van der Waals surface area contributed by atoms with Crippen LogP contribution in [0.2, 0.25) is 0 Å². The second-order valence-corrected chi connectivity index (χ2v) is 3.76. The van der Waals surface area contributed by atoms with Crippen LogP contribution in [-0.2, 0) is 6.54 Å². The predicted octanol–water partition coefficient (Wildman–Crippen LogP) is 3.00. The molecule has 0 radical (unpaired) electrons. The van der Waals surface area contributed by atoms with Gasteiger partial charge in [-0.2, -0.15) is 0 Å². The van der Waals surface area contributed by atoms with Crippen molar-refractivity contribution in [3.63, 3.8) is 0 Å². The Bertz CT molecular complexity index is 400. The van der Waals surface area contributed by atoms with Crippen molar-refractivity contribution in [3.8, 4) is 12.3 Å². The molecule has 92 valence electrons. The molecule has 0 saturated heterocycles. The van der Waals surface area contributed by atoms with Crippen molar-refractivity contribution in [2.75, 3.05) is 0 Å². The molecule has 4 heteroatoms. The summed E-state index contributed by atoms with van der Waals surface area (Å²) in [5, 5.41) is 2.97. The van der Waals surface area contributed by atoms with Gasteiger partial charge < -0.3 is 0 Å². The summed E-state index contributed by atoms with van der Waals surface area (Å²) in [6.45, 7) is 2.20. The van der Waals surface area contributed by atoms with Crippen LogP contribution in [-0.4, -0.2) is 6.04 Å². The SMILES string of the molecule is C#CC(CCC)NCc1cc(F)c(F)c(F)c1. The first kappa shape index (κ1) is 13.6. The molecule has 1 aromatic carbocycles. The molecule has 1 nitrogen and oxygen atoms in total. The minimum atomic E-state index is -1.45. The standard InChI is InChI=1S/C13H14F3N/c1-3-5-10(4-2)17-8-9-6-11(14)13(16)12(15)7-9/h2,6-7,10,17H,3,5,8H2,1H3. The van der Waals surface area contributed by atoms with E-state index >= 15 is 0 Å². The molecule has 0 spiro atoms. The fourth-order valence-corrected chi connectivity index (χ4v) is 1.48. The smallest absolute Gasteiger partial charge is 0.194 e. The van der Waals surface area contributed by atoms with Crippen LogP contribution >= 0.6 is 0 Å². The summed E-state index contributed by atoms with van der Waals surface area (Å²) < 4.78 is 38.5. The summed E-state index contributed by atoms with van der Waals surface area (Å²) in [6, 6.07) is 1.78. The molecular weight excluding hydrogens is 227 g/mol. The Morgan fingerprint density at radius 2 is 1.88 bits per heavy atom. The van der Waals surface area contributed by atoms with Crippen molar-refractivity contribution in [1.82, 2.24) is 5.32 Å². The van der Waals surface area contributed by atoms with Crippen molar-refractivity contribution < 1.29 is 13.2 Å². The van der Waals surface area contributed by atoms with Crippen molar-refractivity contribution >= 4 is 0 Å². The van der Waals surface area contributed by atoms with Gasteiger partial charge in [-0.15, -0.1) is 6.42 Å². The molecule has 0 saturated carbocycles. The maximum atomic E-state index is 12.9. The molecule has 1 aromatic rings. The van der Waals surface area contributed by atoms with Gasteiger partial charge in [0.2, 0.25) is 0 Å². The van der Waals surface area contributed by atoms with E-state index in [2.05, 4.69) is 11.2 Å². The monoisotopic (exact) mass is 241 g/mol. The highest BCUT2D eigenvalue weighted by Crippen LogP contribution is 2.13. The van der Waals surface area contributed by atoms with E-state index in [9.17, 15) is 13.2 Å². The Balaban J connectivity index is 2.67. The average Bonchev–Trinajstić information content (AvgIpc) is 2.31. The van der Waals surface area contributed by atoms with Crippen LogP contribution < -0.4 is 5.32 Å². The van der Waals surface area contributed by atoms with Crippen molar-refractivity contribution in [2.45, 2.75) is 32.4 Å². The van der Waals surface area contributed by atoms with E-state index in [0.29, 0.717) is 5.56 Å². The predicted molar refractivity (Wildman–Crippen MR) is 60.7 cm³/mol. The molecule has 17 heavy (non-hydrogen) atoms. The van der Waals surface area contributed by atoms with Gasteiger partial charge in [-0.1, -0.05) is 19.3 Å². The van der Waals surface area contributed by atoms with Gasteiger partial charge in [-0.25, -0.2) is 13.2 Å². The van der Waals surface area contributed by atoms with E-state index in [1.807, 2.05) is 6.92 Å². The third kappa shape index (κ3) is 3.79. The first-order valence-electron chi connectivity index (χ1n) is 5.41. The molecule has 0 aliphatic carbocycles. The van der Waals surface area contributed by atoms with Crippen LogP contribution in [0.25, 0.3) is 0 Å². The topological polar surface area (TPSA) is 12.0 Å². The third-order valence-electron chi connectivity index (χ3n) is 2.37. The van der Waals surface area contributed by atoms with Gasteiger partial charge >= 0.3 is 0 Å². The number of halogens is 3. The Morgan fingerprint density at radius 3 is 2.35 bits per heavy atom. The van der Waals surface area contributed by atoms with Crippen LogP contribution in [0.5, 0.6) is 0 Å². The van der Waals surface area contributed by atoms with Crippen molar-refractivity contribution in [1.29, 1.82) is 0 Å². The highest BCUT2D eigenvalue weighted by Gasteiger charge is 2.11. The van der Waals surface area contributed by atoms with Crippen LogP contribution in [0.1, 0.15) is 25.3 Å². The Labute approximate surface area is 99.0 Å². The number of hydrogen-bond donors (Lipinski definition) is 1. The normalized spacial score (nSPS) is 12.2. The molecule has 1 N–H and O–H groups in total. The summed E-state index contributed by atoms with van der Waals surface area (Å²) in [5.74, 6) is -1.28. The molecule has 0 fully saturated rings. The average molecular weight is 241 g/mol. The second kappa shape index (κ2) is 6.31. The van der Waals surface area contributed by atoms with E-state index in [-0.39, 0.29) is 12.6 Å². The lowest BCUT2D eigenvalue weighted by Gasteiger charge is -2.12. The quantitative estimate of drug-likeness (QED) is 0.617. The first-order chi connectivity index (χ1) is 8.08. The Hall–Kier alpha value is -1.47. The number of hydrogen-bond acceptors (Lipinski definition) is 1. The van der Waals surface area contributed by atoms with Crippen molar-refractivity contribution in [2.24, 2.45) is 0 Å². The zero-order valence-electron chi connectivity index (χ0n) is 9.56. The lowest BCUT2D eigenvalue weighted by atomic mass is 10.1. The largest absolute Gasteiger partial charge is 0.300 e. The van der Waals surface area contributed by atoms with Crippen LogP contribution in [0, 0.1) is 29.8 Å². The summed E-state index contributed by atoms with van der Waals surface area (Å²) in [7, 11) is 0. The Morgan fingerprint density at radius 1 is 1.29 bits per heavy atom.